The van der Waals surface area contributed by atoms with Crippen molar-refractivity contribution in [3.63, 3.8) is 0 Å². The van der Waals surface area contributed by atoms with Crippen molar-refractivity contribution in [3.8, 4) is 0 Å². The van der Waals surface area contributed by atoms with Crippen LogP contribution in [0.2, 0.25) is 0 Å². The number of hydrogen-bond donors (Lipinski definition) is 3. The third kappa shape index (κ3) is 9.94. The van der Waals surface area contributed by atoms with E-state index in [-0.39, 0.29) is 47.6 Å². The number of thiazole rings is 1. The summed E-state index contributed by atoms with van der Waals surface area (Å²) in [6.07, 6.45) is 0.697. The highest BCUT2D eigenvalue weighted by Gasteiger charge is 2.64. The lowest BCUT2D eigenvalue weighted by Gasteiger charge is -2.41. The van der Waals surface area contributed by atoms with Gasteiger partial charge < -0.3 is 40.3 Å². The average molecular weight is 831 g/mol. The molecule has 0 aliphatic carbocycles. The molecule has 2 fully saturated rings. The lowest BCUT2D eigenvalue weighted by molar-refractivity contribution is -0.384. The number of nitrogens with zero attached hydrogens (tertiary/aromatic N) is 7. The number of non-ortho nitro benzene ring substituents is 1. The molecule has 21 nitrogen and oxygen atoms in total. The normalized spacial score (nSPS) is 19.5. The summed E-state index contributed by atoms with van der Waals surface area (Å²) in [6, 6.07) is 4.22. The van der Waals surface area contributed by atoms with E-state index in [1.807, 2.05) is 0 Å². The summed E-state index contributed by atoms with van der Waals surface area (Å²) in [4.78, 5) is 86.4. The summed E-state index contributed by atoms with van der Waals surface area (Å²) in [6.45, 7) is 12.3. The van der Waals surface area contributed by atoms with Crippen molar-refractivity contribution in [2.75, 3.05) is 12.3 Å². The highest BCUT2D eigenvalue weighted by Crippen LogP contribution is 2.50. The number of nitrogen functional groups attached to an aromatic ring is 1. The Balaban J connectivity index is 1.38. The highest BCUT2D eigenvalue weighted by molar-refractivity contribution is 8.01. The molecule has 0 bridgehead atoms. The smallest absolute Gasteiger partial charge is 0.407 e. The van der Waals surface area contributed by atoms with Crippen LogP contribution in [0.1, 0.15) is 72.3 Å². The molecule has 3 atom stereocenters. The summed E-state index contributed by atoms with van der Waals surface area (Å²) in [5.41, 5.74) is 2.77. The number of β-lactam (4-membered cyclic amide) rings is 1. The molecule has 4 heterocycles. The second-order valence-corrected chi connectivity index (χ2v) is 17.6. The Labute approximate surface area is 334 Å². The molecule has 2 saturated heterocycles. The fourth-order valence-electron chi connectivity index (χ4n) is 5.17. The van der Waals surface area contributed by atoms with Crippen molar-refractivity contribution >= 4 is 69.5 Å². The minimum absolute atomic E-state index is 0.0111. The van der Waals surface area contributed by atoms with Crippen LogP contribution in [0.5, 0.6) is 0 Å². The third-order valence-corrected chi connectivity index (χ3v) is 10.2. The third-order valence-electron chi connectivity index (χ3n) is 7.92. The van der Waals surface area contributed by atoms with Crippen molar-refractivity contribution in [1.82, 2.24) is 35.5 Å². The first-order valence-electron chi connectivity index (χ1n) is 17.3. The molecule has 1 aromatic carbocycles. The van der Waals surface area contributed by atoms with E-state index in [0.29, 0.717) is 5.56 Å². The van der Waals surface area contributed by atoms with Gasteiger partial charge >= 0.3 is 18.0 Å². The number of thioether (sulfide) groups is 1. The number of rotatable bonds is 13. The first-order chi connectivity index (χ1) is 26.5. The van der Waals surface area contributed by atoms with Gasteiger partial charge in [-0.25, -0.2) is 24.0 Å². The molecular formula is C34H42N10O11S2. The van der Waals surface area contributed by atoms with E-state index in [4.69, 9.17) is 24.8 Å². The number of esters is 2. The molecule has 3 amide bonds. The first kappa shape index (κ1) is 42.3. The SMILES string of the molecule is CC(C)(C)OC(=O)NCc1cn([C@]2(C(=O)OCc3ccc([N+](=O)[O-])cc3)CN3C(=O)[C@@H](NC(=O)/C(=N\OC(C)(C)C(=O)OC(C)(C)C)c4csc(N)n4)[C@H]3S2)nn1. The standard InChI is InChI=1S/C34H42N10O11S2/c1-31(2,3)53-27(47)33(7,8)55-40-22(21-16-56-29(35)37-21)24(45)38-23-25(46)42-17-34(57-26(23)42,28(48)52-15-18-9-11-20(12-10-18)44(50)51)43-14-19(39-41-43)13-36-30(49)54-32(4,5)6/h9-12,14,16,23,26H,13,15,17H2,1-8H3,(H2,35,37)(H,36,49)(H,38,45)/b40-22-/t23-,26-,34-/m1/s1. The lowest BCUT2D eigenvalue weighted by Crippen LogP contribution is -2.68. The molecule has 2 aliphatic heterocycles. The zero-order valence-corrected chi connectivity index (χ0v) is 33.9. The van der Waals surface area contributed by atoms with E-state index in [1.54, 1.807) is 41.5 Å². The van der Waals surface area contributed by atoms with Crippen LogP contribution in [-0.4, -0.2) is 100 Å². The van der Waals surface area contributed by atoms with Gasteiger partial charge in [-0.1, -0.05) is 22.1 Å². The summed E-state index contributed by atoms with van der Waals surface area (Å²) < 4.78 is 17.6. The maximum atomic E-state index is 14.1. The Morgan fingerprint density at radius 1 is 1.07 bits per heavy atom. The van der Waals surface area contributed by atoms with Crippen LogP contribution in [0.4, 0.5) is 15.6 Å². The zero-order valence-electron chi connectivity index (χ0n) is 32.3. The van der Waals surface area contributed by atoms with Gasteiger partial charge in [0.1, 0.15) is 40.6 Å². The average Bonchev–Trinajstić information content (AvgIpc) is 3.86. The van der Waals surface area contributed by atoms with E-state index in [1.165, 1.54) is 59.3 Å². The molecule has 23 heteroatoms. The highest BCUT2D eigenvalue weighted by atomic mass is 32.2. The predicted molar refractivity (Wildman–Crippen MR) is 203 cm³/mol. The molecule has 0 unspecified atom stereocenters. The van der Waals surface area contributed by atoms with Crippen LogP contribution in [0.15, 0.2) is 41.0 Å². The van der Waals surface area contributed by atoms with E-state index in [2.05, 4.69) is 31.1 Å². The van der Waals surface area contributed by atoms with Gasteiger partial charge in [0.2, 0.25) is 16.4 Å². The number of ether oxygens (including phenoxy) is 3. The number of anilines is 1. The molecule has 5 rings (SSSR count). The molecule has 0 radical (unpaired) electrons. The number of nitrogens with two attached hydrogens (primary N) is 1. The second-order valence-electron chi connectivity index (χ2n) is 15.3. The molecule has 57 heavy (non-hydrogen) atoms. The Morgan fingerprint density at radius 2 is 1.74 bits per heavy atom. The van der Waals surface area contributed by atoms with E-state index in [9.17, 15) is 34.1 Å². The molecule has 2 aromatic heterocycles. The van der Waals surface area contributed by atoms with Crippen LogP contribution in [-0.2, 0) is 56.2 Å². The Hall–Kier alpha value is -5.84. The fraction of sp³-hybridized carbons (Fsp3) is 0.500. The van der Waals surface area contributed by atoms with Crippen LogP contribution >= 0.6 is 23.1 Å². The maximum absolute atomic E-state index is 14.1. The van der Waals surface area contributed by atoms with Crippen molar-refractivity contribution < 1.29 is 47.9 Å². The number of fused-ring (bicyclic) bond motifs is 1. The van der Waals surface area contributed by atoms with Crippen LogP contribution < -0.4 is 16.4 Å². The molecule has 2 aliphatic rings. The maximum Gasteiger partial charge on any atom is 0.407 e. The molecule has 3 aromatic rings. The Kier molecular flexibility index (Phi) is 11.8. The minimum Gasteiger partial charge on any atom is -0.458 e. The van der Waals surface area contributed by atoms with Crippen LogP contribution in [0.25, 0.3) is 0 Å². The van der Waals surface area contributed by atoms with Gasteiger partial charge in [-0.3, -0.25) is 19.7 Å². The minimum atomic E-state index is -1.74. The number of nitrogens with one attached hydrogen (secondary N) is 2. The molecule has 4 N–H and O–H groups in total. The summed E-state index contributed by atoms with van der Waals surface area (Å²) >= 11 is 1.98. The fourth-order valence-corrected chi connectivity index (χ4v) is 7.31. The number of aromatic nitrogens is 4. The Bertz CT molecular complexity index is 2090. The number of benzene rings is 1. The number of amides is 3. The first-order valence-corrected chi connectivity index (χ1v) is 19.0. The van der Waals surface area contributed by atoms with Crippen molar-refractivity contribution in [1.29, 1.82) is 0 Å². The number of nitro groups is 1. The molecule has 0 spiro atoms. The topological polar surface area (TPSA) is 275 Å². The Morgan fingerprint density at radius 3 is 2.33 bits per heavy atom. The van der Waals surface area contributed by atoms with Gasteiger partial charge in [-0.2, -0.15) is 0 Å². The van der Waals surface area contributed by atoms with Crippen LogP contribution in [0, 0.1) is 10.1 Å². The van der Waals surface area contributed by atoms with E-state index >= 15 is 0 Å². The number of hydrogen-bond acceptors (Lipinski definition) is 18. The number of carbonyl (C=O) groups is 5. The summed E-state index contributed by atoms with van der Waals surface area (Å²) in [5, 5.41) is 29.3. The van der Waals surface area contributed by atoms with Gasteiger partial charge in [-0.15, -0.1) is 16.4 Å². The summed E-state index contributed by atoms with van der Waals surface area (Å²) in [5.74, 6) is -3.04. The van der Waals surface area contributed by atoms with Crippen molar-refractivity contribution in [2.45, 2.75) is 102 Å². The monoisotopic (exact) mass is 830 g/mol. The molecule has 306 valence electrons. The van der Waals surface area contributed by atoms with Gasteiger partial charge in [0, 0.05) is 17.5 Å². The largest absolute Gasteiger partial charge is 0.458 e. The van der Waals surface area contributed by atoms with Crippen LogP contribution in [0.3, 0.4) is 0 Å². The quantitative estimate of drug-likeness (QED) is 0.0558. The predicted octanol–water partition coefficient (Wildman–Crippen LogP) is 2.59. The van der Waals surface area contributed by atoms with Crippen molar-refractivity contribution in [2.24, 2.45) is 5.16 Å². The van der Waals surface area contributed by atoms with Crippen molar-refractivity contribution in [3.05, 3.63) is 62.9 Å². The lowest BCUT2D eigenvalue weighted by atomic mass is 10.1. The number of nitro benzene ring substituents is 1. The molecular weight excluding hydrogens is 789 g/mol. The van der Waals surface area contributed by atoms with Gasteiger partial charge in [-0.05, 0) is 73.1 Å². The van der Waals surface area contributed by atoms with Gasteiger partial charge in [0.25, 0.3) is 11.6 Å². The number of alkyl carbamates (subject to hydrolysis) is 1. The molecule has 0 saturated carbocycles. The van der Waals surface area contributed by atoms with E-state index < -0.39 is 67.9 Å². The van der Waals surface area contributed by atoms with Gasteiger partial charge in [0.15, 0.2) is 10.8 Å². The van der Waals surface area contributed by atoms with Gasteiger partial charge in [0.05, 0.1) is 24.2 Å². The number of carbonyl (C=O) groups excluding carboxylic acids is 5. The zero-order chi connectivity index (χ0) is 42.1. The number of oxime groups is 1. The van der Waals surface area contributed by atoms with E-state index in [0.717, 1.165) is 23.1 Å². The summed E-state index contributed by atoms with van der Waals surface area (Å²) in [7, 11) is 0. The second kappa shape index (κ2) is 16.0.